The van der Waals surface area contributed by atoms with Crippen molar-refractivity contribution < 1.29 is 19.5 Å². The summed E-state index contributed by atoms with van der Waals surface area (Å²) >= 11 is 0. The molecule has 1 rings (SSSR count). The van der Waals surface area contributed by atoms with Gasteiger partial charge in [0.25, 0.3) is 0 Å². The summed E-state index contributed by atoms with van der Waals surface area (Å²) in [6, 6.07) is -0.322. The number of hydrogen-bond donors (Lipinski definition) is 2. The number of carbonyl (C=O) groups is 3. The minimum absolute atomic E-state index is 0.0192. The maximum absolute atomic E-state index is 12.0. The third-order valence-corrected chi connectivity index (χ3v) is 3.29. The highest BCUT2D eigenvalue weighted by atomic mass is 16.4. The van der Waals surface area contributed by atoms with E-state index in [9.17, 15) is 14.4 Å². The Morgan fingerprint density at radius 1 is 1.37 bits per heavy atom. The number of carboxylic acids is 1. The number of urea groups is 1. The molecule has 3 amide bonds. The summed E-state index contributed by atoms with van der Waals surface area (Å²) < 4.78 is 0. The maximum Gasteiger partial charge on any atom is 0.318 e. The van der Waals surface area contributed by atoms with Gasteiger partial charge in [0, 0.05) is 33.1 Å². The summed E-state index contributed by atoms with van der Waals surface area (Å²) in [5, 5.41) is 11.2. The van der Waals surface area contributed by atoms with Crippen molar-refractivity contribution in [2.24, 2.45) is 0 Å². The zero-order valence-electron chi connectivity index (χ0n) is 11.6. The van der Waals surface area contributed by atoms with Crippen LogP contribution in [-0.4, -0.2) is 65.0 Å². The summed E-state index contributed by atoms with van der Waals surface area (Å²) in [6.45, 7) is 4.69. The van der Waals surface area contributed by atoms with E-state index in [1.54, 1.807) is 25.8 Å². The maximum atomic E-state index is 12.0. The number of piperazine rings is 1. The molecule has 2 N–H and O–H groups in total. The molecule has 0 aromatic carbocycles. The largest absolute Gasteiger partial charge is 0.481 e. The van der Waals surface area contributed by atoms with Crippen LogP contribution < -0.4 is 5.32 Å². The molecular formula is C12H21N3O4. The topological polar surface area (TPSA) is 89.9 Å². The van der Waals surface area contributed by atoms with Crippen LogP contribution in [0.2, 0.25) is 0 Å². The Hall–Kier alpha value is -1.79. The van der Waals surface area contributed by atoms with Gasteiger partial charge in [0.05, 0.1) is 0 Å². The van der Waals surface area contributed by atoms with Crippen molar-refractivity contribution in [2.75, 3.05) is 26.7 Å². The van der Waals surface area contributed by atoms with E-state index in [1.165, 1.54) is 4.90 Å². The standard InChI is InChI=1S/C12H21N3O4/c1-12(2)10(18)14(3)7-8-15(12)11(19)13-6-4-5-9(16)17/h4-8H2,1-3H3,(H,13,19)(H,16,17). The van der Waals surface area contributed by atoms with Crippen LogP contribution in [0.25, 0.3) is 0 Å². The molecule has 0 aromatic heterocycles. The number of nitrogens with zero attached hydrogens (tertiary/aromatic N) is 2. The number of carboxylic acid groups (broad SMARTS) is 1. The molecule has 1 saturated heterocycles. The Morgan fingerprint density at radius 2 is 2.00 bits per heavy atom. The number of likely N-dealkylation sites (N-methyl/N-ethyl adjacent to an activating group) is 1. The van der Waals surface area contributed by atoms with Crippen molar-refractivity contribution in [1.29, 1.82) is 0 Å². The van der Waals surface area contributed by atoms with Gasteiger partial charge in [0.1, 0.15) is 5.54 Å². The smallest absolute Gasteiger partial charge is 0.318 e. The normalized spacial score (nSPS) is 18.4. The second kappa shape index (κ2) is 5.90. The van der Waals surface area contributed by atoms with Gasteiger partial charge >= 0.3 is 12.0 Å². The van der Waals surface area contributed by atoms with Crippen LogP contribution in [0, 0.1) is 0 Å². The Labute approximate surface area is 112 Å². The molecule has 0 bridgehead atoms. The van der Waals surface area contributed by atoms with E-state index in [4.69, 9.17) is 5.11 Å². The molecule has 0 saturated carbocycles. The number of rotatable bonds is 4. The molecule has 1 heterocycles. The van der Waals surface area contributed by atoms with Crippen LogP contribution in [0.3, 0.4) is 0 Å². The minimum atomic E-state index is -0.885. The first kappa shape index (κ1) is 15.3. The molecule has 7 heteroatoms. The van der Waals surface area contributed by atoms with Gasteiger partial charge in [-0.3, -0.25) is 9.59 Å². The molecule has 19 heavy (non-hydrogen) atoms. The van der Waals surface area contributed by atoms with E-state index in [1.807, 2.05) is 0 Å². The molecule has 0 unspecified atom stereocenters. The van der Waals surface area contributed by atoms with Gasteiger partial charge < -0.3 is 20.2 Å². The Balaban J connectivity index is 2.52. The van der Waals surface area contributed by atoms with Crippen molar-refractivity contribution >= 4 is 17.9 Å². The summed E-state index contributed by atoms with van der Waals surface area (Å²) in [5.74, 6) is -0.983. The number of aliphatic carboxylic acids is 1. The molecule has 0 aromatic rings. The second-order valence-electron chi connectivity index (χ2n) is 5.17. The van der Waals surface area contributed by atoms with E-state index in [0.29, 0.717) is 26.1 Å². The monoisotopic (exact) mass is 271 g/mol. The molecular weight excluding hydrogens is 250 g/mol. The van der Waals surface area contributed by atoms with Crippen molar-refractivity contribution in [3.63, 3.8) is 0 Å². The van der Waals surface area contributed by atoms with Crippen molar-refractivity contribution in [1.82, 2.24) is 15.1 Å². The van der Waals surface area contributed by atoms with E-state index in [-0.39, 0.29) is 18.4 Å². The fourth-order valence-electron chi connectivity index (χ4n) is 2.10. The summed E-state index contributed by atoms with van der Waals surface area (Å²) in [6.07, 6.45) is 0.397. The van der Waals surface area contributed by atoms with Gasteiger partial charge in [-0.25, -0.2) is 4.79 Å². The molecule has 1 aliphatic heterocycles. The van der Waals surface area contributed by atoms with Gasteiger partial charge in [0.15, 0.2) is 0 Å². The van der Waals surface area contributed by atoms with E-state index in [2.05, 4.69) is 5.32 Å². The van der Waals surface area contributed by atoms with Gasteiger partial charge in [-0.05, 0) is 20.3 Å². The average Bonchev–Trinajstić information content (AvgIpc) is 2.31. The number of carbonyl (C=O) groups excluding carboxylic acids is 2. The third-order valence-electron chi connectivity index (χ3n) is 3.29. The van der Waals surface area contributed by atoms with Crippen LogP contribution in [0.5, 0.6) is 0 Å². The first-order valence-electron chi connectivity index (χ1n) is 6.29. The van der Waals surface area contributed by atoms with E-state index >= 15 is 0 Å². The summed E-state index contributed by atoms with van der Waals surface area (Å²) in [7, 11) is 1.71. The van der Waals surface area contributed by atoms with Crippen LogP contribution in [0.1, 0.15) is 26.7 Å². The van der Waals surface area contributed by atoms with Crippen molar-refractivity contribution in [2.45, 2.75) is 32.2 Å². The highest BCUT2D eigenvalue weighted by Gasteiger charge is 2.42. The predicted molar refractivity (Wildman–Crippen MR) is 68.7 cm³/mol. The molecule has 0 radical (unpaired) electrons. The molecule has 0 atom stereocenters. The SMILES string of the molecule is CN1CCN(C(=O)NCCCC(=O)O)C(C)(C)C1=O. The van der Waals surface area contributed by atoms with Crippen LogP contribution in [0.15, 0.2) is 0 Å². The minimum Gasteiger partial charge on any atom is -0.481 e. The lowest BCUT2D eigenvalue weighted by Crippen LogP contribution is -2.65. The fraction of sp³-hybridized carbons (Fsp3) is 0.750. The quantitative estimate of drug-likeness (QED) is 0.710. The number of hydrogen-bond acceptors (Lipinski definition) is 3. The number of amides is 3. The average molecular weight is 271 g/mol. The van der Waals surface area contributed by atoms with Crippen LogP contribution in [-0.2, 0) is 9.59 Å². The second-order valence-corrected chi connectivity index (χ2v) is 5.17. The molecule has 108 valence electrons. The molecule has 1 aliphatic rings. The van der Waals surface area contributed by atoms with E-state index in [0.717, 1.165) is 0 Å². The highest BCUT2D eigenvalue weighted by molar-refractivity contribution is 5.91. The highest BCUT2D eigenvalue weighted by Crippen LogP contribution is 2.21. The van der Waals surface area contributed by atoms with Gasteiger partial charge in [-0.1, -0.05) is 0 Å². The first-order valence-corrected chi connectivity index (χ1v) is 6.29. The Morgan fingerprint density at radius 3 is 2.58 bits per heavy atom. The van der Waals surface area contributed by atoms with Crippen molar-refractivity contribution in [3.05, 3.63) is 0 Å². The third kappa shape index (κ3) is 3.59. The van der Waals surface area contributed by atoms with Crippen LogP contribution in [0.4, 0.5) is 4.79 Å². The molecule has 1 fully saturated rings. The Bertz CT molecular complexity index is 381. The zero-order chi connectivity index (χ0) is 14.6. The van der Waals surface area contributed by atoms with Crippen LogP contribution >= 0.6 is 0 Å². The zero-order valence-corrected chi connectivity index (χ0v) is 11.6. The van der Waals surface area contributed by atoms with Gasteiger partial charge in [0.2, 0.25) is 5.91 Å². The summed E-state index contributed by atoms with van der Waals surface area (Å²) in [5.41, 5.74) is -0.871. The lowest BCUT2D eigenvalue weighted by molar-refractivity contribution is -0.144. The molecule has 0 spiro atoms. The fourth-order valence-corrected chi connectivity index (χ4v) is 2.10. The van der Waals surface area contributed by atoms with Crippen molar-refractivity contribution in [3.8, 4) is 0 Å². The van der Waals surface area contributed by atoms with Gasteiger partial charge in [-0.15, -0.1) is 0 Å². The van der Waals surface area contributed by atoms with E-state index < -0.39 is 11.5 Å². The number of nitrogens with one attached hydrogen (secondary N) is 1. The lowest BCUT2D eigenvalue weighted by atomic mass is 9.98. The van der Waals surface area contributed by atoms with Gasteiger partial charge in [-0.2, -0.15) is 0 Å². The first-order chi connectivity index (χ1) is 8.76. The lowest BCUT2D eigenvalue weighted by Gasteiger charge is -2.44. The Kier molecular flexibility index (Phi) is 4.74. The molecule has 0 aliphatic carbocycles. The molecule has 7 nitrogen and oxygen atoms in total. The predicted octanol–water partition coefficient (Wildman–Crippen LogP) is 0.113. The summed E-state index contributed by atoms with van der Waals surface area (Å²) in [4.78, 5) is 37.5.